The maximum atomic E-state index is 13.1. The molecule has 2 heterocycles. The highest BCUT2D eigenvalue weighted by atomic mass is 32.2. The van der Waals surface area contributed by atoms with E-state index < -0.39 is 9.84 Å². The van der Waals surface area contributed by atoms with Crippen LogP contribution in [-0.4, -0.2) is 36.1 Å². The van der Waals surface area contributed by atoms with Gasteiger partial charge in [-0.1, -0.05) is 23.9 Å². The largest absolute Gasteiger partial charge is 0.301 e. The summed E-state index contributed by atoms with van der Waals surface area (Å²) in [5, 5.41) is 2.66. The van der Waals surface area contributed by atoms with E-state index in [0.717, 1.165) is 5.56 Å². The number of thiophene rings is 1. The van der Waals surface area contributed by atoms with Gasteiger partial charge in [0.2, 0.25) is 0 Å². The third-order valence-corrected chi connectivity index (χ3v) is 6.22. The molecule has 0 aliphatic rings. The Balaban J connectivity index is 1.94. The van der Waals surface area contributed by atoms with Crippen molar-refractivity contribution in [3.63, 3.8) is 0 Å². The number of hydrogen-bond donors (Lipinski definition) is 1. The molecular formula is C15H13FN2O3S3. The molecule has 1 aromatic carbocycles. The number of halogens is 1. The topological polar surface area (TPSA) is 79.9 Å². The van der Waals surface area contributed by atoms with Gasteiger partial charge in [0.15, 0.2) is 5.16 Å². The maximum absolute atomic E-state index is 13.1. The Hall–Kier alpha value is -1.71. The van der Waals surface area contributed by atoms with Gasteiger partial charge in [-0.15, -0.1) is 11.3 Å². The lowest BCUT2D eigenvalue weighted by Crippen LogP contribution is -2.10. The number of rotatable bonds is 5. The Morgan fingerprint density at radius 3 is 2.67 bits per heavy atom. The van der Waals surface area contributed by atoms with Crippen LogP contribution in [0.4, 0.5) is 4.39 Å². The van der Waals surface area contributed by atoms with Crippen LogP contribution in [0.25, 0.3) is 21.3 Å². The molecule has 9 heteroatoms. The molecule has 0 fully saturated rings. The number of aromatic amines is 1. The van der Waals surface area contributed by atoms with Crippen LogP contribution in [0.15, 0.2) is 39.6 Å². The van der Waals surface area contributed by atoms with E-state index in [1.165, 1.54) is 41.5 Å². The van der Waals surface area contributed by atoms with Crippen molar-refractivity contribution in [2.24, 2.45) is 0 Å². The predicted molar refractivity (Wildman–Crippen MR) is 96.1 cm³/mol. The average Bonchev–Trinajstić information content (AvgIpc) is 2.91. The lowest BCUT2D eigenvalue weighted by molar-refractivity contribution is 0.603. The Bertz CT molecular complexity index is 1040. The Morgan fingerprint density at radius 2 is 2.00 bits per heavy atom. The Morgan fingerprint density at radius 1 is 1.29 bits per heavy atom. The predicted octanol–water partition coefficient (Wildman–Crippen LogP) is 2.93. The van der Waals surface area contributed by atoms with Crippen LogP contribution in [-0.2, 0) is 9.84 Å². The molecule has 1 N–H and O–H groups in total. The minimum Gasteiger partial charge on any atom is -0.301 e. The van der Waals surface area contributed by atoms with Gasteiger partial charge in [-0.25, -0.2) is 17.8 Å². The molecule has 0 saturated heterocycles. The van der Waals surface area contributed by atoms with Gasteiger partial charge < -0.3 is 4.98 Å². The summed E-state index contributed by atoms with van der Waals surface area (Å²) in [6, 6.07) is 5.92. The first-order valence-corrected chi connectivity index (χ1v) is 10.8. The van der Waals surface area contributed by atoms with Crippen LogP contribution in [0, 0.1) is 5.82 Å². The third-order valence-electron chi connectivity index (χ3n) is 3.27. The normalized spacial score (nSPS) is 11.9. The summed E-state index contributed by atoms with van der Waals surface area (Å²) in [5.74, 6) is 0.00336. The second kappa shape index (κ2) is 6.66. The van der Waals surface area contributed by atoms with E-state index in [2.05, 4.69) is 9.97 Å². The molecule has 0 atom stereocenters. The summed E-state index contributed by atoms with van der Waals surface area (Å²) in [5.41, 5.74) is 1.16. The van der Waals surface area contributed by atoms with Crippen molar-refractivity contribution in [3.8, 4) is 11.1 Å². The van der Waals surface area contributed by atoms with Crippen molar-refractivity contribution < 1.29 is 12.8 Å². The Labute approximate surface area is 145 Å². The first-order chi connectivity index (χ1) is 11.3. The van der Waals surface area contributed by atoms with Gasteiger partial charge in [-0.3, -0.25) is 4.79 Å². The molecule has 126 valence electrons. The quantitative estimate of drug-likeness (QED) is 0.540. The molecule has 0 unspecified atom stereocenters. The maximum Gasteiger partial charge on any atom is 0.260 e. The van der Waals surface area contributed by atoms with E-state index in [-0.39, 0.29) is 17.1 Å². The first kappa shape index (κ1) is 17.1. The molecule has 0 saturated carbocycles. The number of benzene rings is 1. The lowest BCUT2D eigenvalue weighted by Gasteiger charge is -2.02. The number of H-pyrrole nitrogens is 1. The molecule has 0 amide bonds. The second-order valence-electron chi connectivity index (χ2n) is 5.19. The average molecular weight is 384 g/mol. The van der Waals surface area contributed by atoms with Gasteiger partial charge in [0, 0.05) is 23.0 Å². The van der Waals surface area contributed by atoms with Crippen molar-refractivity contribution in [1.29, 1.82) is 0 Å². The smallest absolute Gasteiger partial charge is 0.260 e. The number of thioether (sulfide) groups is 1. The first-order valence-electron chi connectivity index (χ1n) is 6.91. The van der Waals surface area contributed by atoms with Crippen molar-refractivity contribution in [2.75, 3.05) is 17.8 Å². The zero-order valence-corrected chi connectivity index (χ0v) is 15.0. The van der Waals surface area contributed by atoms with Crippen molar-refractivity contribution in [3.05, 3.63) is 45.8 Å². The van der Waals surface area contributed by atoms with Crippen molar-refractivity contribution in [2.45, 2.75) is 5.16 Å². The minimum absolute atomic E-state index is 0.0185. The van der Waals surface area contributed by atoms with Gasteiger partial charge in [0.25, 0.3) is 5.56 Å². The van der Waals surface area contributed by atoms with Gasteiger partial charge in [-0.2, -0.15) is 0 Å². The molecule has 3 rings (SSSR count). The molecule has 24 heavy (non-hydrogen) atoms. The lowest BCUT2D eigenvalue weighted by atomic mass is 10.1. The van der Waals surface area contributed by atoms with E-state index in [1.807, 2.05) is 5.38 Å². The van der Waals surface area contributed by atoms with Crippen LogP contribution in [0.1, 0.15) is 0 Å². The number of nitrogens with one attached hydrogen (secondary N) is 1. The monoisotopic (exact) mass is 384 g/mol. The van der Waals surface area contributed by atoms with Gasteiger partial charge in [-0.05, 0) is 17.7 Å². The summed E-state index contributed by atoms with van der Waals surface area (Å²) in [6.45, 7) is 0. The van der Waals surface area contributed by atoms with Gasteiger partial charge in [0.1, 0.15) is 20.5 Å². The fourth-order valence-electron chi connectivity index (χ4n) is 2.13. The molecule has 2 aromatic heterocycles. The van der Waals surface area contributed by atoms with Crippen LogP contribution in [0.3, 0.4) is 0 Å². The van der Waals surface area contributed by atoms with E-state index in [9.17, 15) is 17.6 Å². The highest BCUT2D eigenvalue weighted by Crippen LogP contribution is 2.31. The number of fused-ring (bicyclic) bond motifs is 1. The number of hydrogen-bond acceptors (Lipinski definition) is 6. The summed E-state index contributed by atoms with van der Waals surface area (Å²) in [6.07, 6.45) is 1.17. The van der Waals surface area contributed by atoms with Crippen LogP contribution in [0.5, 0.6) is 0 Å². The van der Waals surface area contributed by atoms with Crippen LogP contribution in [0.2, 0.25) is 0 Å². The molecular weight excluding hydrogens is 371 g/mol. The molecule has 0 radical (unpaired) electrons. The standard InChI is InChI=1S/C15H13FN2O3S3/c1-24(20,21)7-6-22-15-17-13(19)12-11(8-23-14(12)18-15)9-2-4-10(16)5-3-9/h2-5,8H,6-7H2,1H3,(H,17,18,19). The molecule has 0 aliphatic heterocycles. The SMILES string of the molecule is CS(=O)(=O)CCSc1nc2scc(-c3ccc(F)cc3)c2c(=O)[nH]1. The fraction of sp³-hybridized carbons (Fsp3) is 0.200. The highest BCUT2D eigenvalue weighted by molar-refractivity contribution is 8.00. The molecule has 5 nitrogen and oxygen atoms in total. The minimum atomic E-state index is -3.05. The number of nitrogens with zero attached hydrogens (tertiary/aromatic N) is 1. The third kappa shape index (κ3) is 3.85. The number of aromatic nitrogens is 2. The molecule has 3 aromatic rings. The highest BCUT2D eigenvalue weighted by Gasteiger charge is 2.13. The van der Waals surface area contributed by atoms with Crippen LogP contribution < -0.4 is 5.56 Å². The zero-order chi connectivity index (χ0) is 17.3. The van der Waals surface area contributed by atoms with E-state index in [1.54, 1.807) is 12.1 Å². The van der Waals surface area contributed by atoms with Gasteiger partial charge in [0.05, 0.1) is 11.1 Å². The van der Waals surface area contributed by atoms with Gasteiger partial charge >= 0.3 is 0 Å². The number of sulfone groups is 1. The van der Waals surface area contributed by atoms with Crippen LogP contribution >= 0.6 is 23.1 Å². The zero-order valence-electron chi connectivity index (χ0n) is 12.6. The molecule has 0 bridgehead atoms. The van der Waals surface area contributed by atoms with Crippen molar-refractivity contribution >= 4 is 43.2 Å². The summed E-state index contributed by atoms with van der Waals surface area (Å²) in [4.78, 5) is 20.0. The molecule has 0 spiro atoms. The summed E-state index contributed by atoms with van der Waals surface area (Å²) in [7, 11) is -3.05. The summed E-state index contributed by atoms with van der Waals surface area (Å²) < 4.78 is 35.4. The van der Waals surface area contributed by atoms with Crippen molar-refractivity contribution in [1.82, 2.24) is 9.97 Å². The summed E-state index contributed by atoms with van der Waals surface area (Å²) >= 11 is 2.52. The fourth-order valence-corrected chi connectivity index (χ4v) is 5.19. The second-order valence-corrected chi connectivity index (χ2v) is 9.39. The van der Waals surface area contributed by atoms with E-state index >= 15 is 0 Å². The molecule has 0 aliphatic carbocycles. The Kier molecular flexibility index (Phi) is 4.75. The van der Waals surface area contributed by atoms with E-state index in [0.29, 0.717) is 26.7 Å². The van der Waals surface area contributed by atoms with E-state index in [4.69, 9.17) is 0 Å².